The highest BCUT2D eigenvalue weighted by Gasteiger charge is 2.46. The van der Waals surface area contributed by atoms with Crippen LogP contribution in [0.3, 0.4) is 0 Å². The van der Waals surface area contributed by atoms with Gasteiger partial charge in [-0.05, 0) is 71.6 Å². The van der Waals surface area contributed by atoms with Gasteiger partial charge >= 0.3 is 0 Å². The summed E-state index contributed by atoms with van der Waals surface area (Å²) in [6.45, 7) is 7.46. The van der Waals surface area contributed by atoms with Gasteiger partial charge in [0.1, 0.15) is 0 Å². The molecule has 0 radical (unpaired) electrons. The fourth-order valence-corrected chi connectivity index (χ4v) is 4.61. The minimum atomic E-state index is -0.00701. The van der Waals surface area contributed by atoms with Gasteiger partial charge in [0.05, 0.1) is 0 Å². The first-order chi connectivity index (χ1) is 8.69. The van der Waals surface area contributed by atoms with Gasteiger partial charge in [0, 0.05) is 17.6 Å². The number of rotatable bonds is 2. The van der Waals surface area contributed by atoms with E-state index < -0.39 is 0 Å². The van der Waals surface area contributed by atoms with Crippen LogP contribution in [0.1, 0.15) is 51.9 Å². The highest BCUT2D eigenvalue weighted by molar-refractivity contribution is 5.07. The zero-order valence-corrected chi connectivity index (χ0v) is 11.9. The maximum Gasteiger partial charge on any atom is 0.0441 e. The largest absolute Gasteiger partial charge is 0.323 e. The van der Waals surface area contributed by atoms with Crippen LogP contribution >= 0.6 is 0 Å². The van der Waals surface area contributed by atoms with Crippen molar-refractivity contribution in [1.29, 1.82) is 0 Å². The third-order valence-corrected chi connectivity index (χ3v) is 5.55. The molecule has 3 fully saturated rings. The third kappa shape index (κ3) is 2.21. The Balaban J connectivity index is 1.74. The van der Waals surface area contributed by atoms with E-state index in [2.05, 4.69) is 16.7 Å². The summed E-state index contributed by atoms with van der Waals surface area (Å²) < 4.78 is 0. The molecule has 2 atom stereocenters. The first-order valence-electron chi connectivity index (χ1n) is 7.96. The average molecular weight is 251 g/mol. The van der Waals surface area contributed by atoms with Crippen molar-refractivity contribution in [1.82, 2.24) is 9.80 Å². The molecule has 3 nitrogen and oxygen atoms in total. The van der Waals surface area contributed by atoms with Crippen molar-refractivity contribution in [2.45, 2.75) is 69.5 Å². The molecule has 0 aromatic rings. The lowest BCUT2D eigenvalue weighted by molar-refractivity contribution is 0.0330. The molecule has 3 heteroatoms. The second-order valence-corrected chi connectivity index (χ2v) is 6.81. The minimum Gasteiger partial charge on any atom is -0.323 e. The summed E-state index contributed by atoms with van der Waals surface area (Å²) in [5.74, 6) is 0. The smallest absolute Gasteiger partial charge is 0.0441 e. The fraction of sp³-hybridized carbons (Fsp3) is 1.00. The zero-order chi connectivity index (χ0) is 12.6. The number of likely N-dealkylation sites (tertiary alicyclic amines) is 2. The molecule has 2 N–H and O–H groups in total. The lowest BCUT2D eigenvalue weighted by atomic mass is 9.74. The van der Waals surface area contributed by atoms with Gasteiger partial charge in [0.15, 0.2) is 0 Å². The summed E-state index contributed by atoms with van der Waals surface area (Å²) >= 11 is 0. The topological polar surface area (TPSA) is 32.5 Å². The molecule has 0 bridgehead atoms. The maximum atomic E-state index is 6.84. The van der Waals surface area contributed by atoms with Gasteiger partial charge in [-0.3, -0.25) is 9.80 Å². The lowest BCUT2D eigenvalue weighted by Crippen LogP contribution is -2.68. The molecule has 0 unspecified atom stereocenters. The Bertz CT molecular complexity index is 251. The van der Waals surface area contributed by atoms with Crippen LogP contribution in [0.4, 0.5) is 0 Å². The molecule has 0 spiro atoms. The van der Waals surface area contributed by atoms with Crippen LogP contribution in [0.25, 0.3) is 0 Å². The maximum absolute atomic E-state index is 6.84. The first kappa shape index (κ1) is 12.9. The molecular formula is C15H29N3. The molecule has 0 amide bonds. The van der Waals surface area contributed by atoms with Crippen molar-refractivity contribution < 1.29 is 0 Å². The van der Waals surface area contributed by atoms with Crippen LogP contribution in [-0.2, 0) is 0 Å². The summed E-state index contributed by atoms with van der Waals surface area (Å²) in [6, 6.07) is 1.25. The lowest BCUT2D eigenvalue weighted by Gasteiger charge is -2.51. The van der Waals surface area contributed by atoms with Crippen molar-refractivity contribution in [3.63, 3.8) is 0 Å². The number of hydrogen-bond acceptors (Lipinski definition) is 3. The van der Waals surface area contributed by atoms with Gasteiger partial charge < -0.3 is 5.73 Å². The molecule has 3 rings (SSSR count). The fourth-order valence-electron chi connectivity index (χ4n) is 4.61. The quantitative estimate of drug-likeness (QED) is 0.812. The Morgan fingerprint density at radius 2 is 1.17 bits per heavy atom. The number of hydrogen-bond donors (Lipinski definition) is 1. The van der Waals surface area contributed by atoms with Crippen molar-refractivity contribution in [3.8, 4) is 0 Å². The second kappa shape index (κ2) is 5.10. The second-order valence-electron chi connectivity index (χ2n) is 6.81. The Kier molecular flexibility index (Phi) is 3.65. The first-order valence-corrected chi connectivity index (χ1v) is 7.96. The van der Waals surface area contributed by atoms with E-state index in [1.54, 1.807) is 0 Å². The molecule has 0 aromatic heterocycles. The average Bonchev–Trinajstić information content (AvgIpc) is 3.01. The van der Waals surface area contributed by atoms with Crippen LogP contribution in [0.2, 0.25) is 0 Å². The molecule has 2 heterocycles. The Labute approximate surface area is 112 Å². The Morgan fingerprint density at radius 1 is 0.778 bits per heavy atom. The van der Waals surface area contributed by atoms with Crippen LogP contribution in [0, 0.1) is 0 Å². The van der Waals surface area contributed by atoms with Gasteiger partial charge in [-0.1, -0.05) is 6.42 Å². The number of nitrogens with zero attached hydrogens (tertiary/aromatic N) is 2. The molecule has 1 aliphatic carbocycles. The van der Waals surface area contributed by atoms with E-state index in [1.165, 1.54) is 71.1 Å². The predicted molar refractivity (Wildman–Crippen MR) is 75.6 cm³/mol. The highest BCUT2D eigenvalue weighted by atomic mass is 15.3. The summed E-state index contributed by atoms with van der Waals surface area (Å²) in [4.78, 5) is 5.37. The minimum absolute atomic E-state index is 0.00701. The van der Waals surface area contributed by atoms with E-state index in [0.29, 0.717) is 12.1 Å². The van der Waals surface area contributed by atoms with Crippen LogP contribution in [0.15, 0.2) is 0 Å². The van der Waals surface area contributed by atoms with Crippen molar-refractivity contribution in [2.24, 2.45) is 5.73 Å². The molecule has 2 saturated heterocycles. The van der Waals surface area contributed by atoms with Gasteiger partial charge in [0.2, 0.25) is 0 Å². The Hall–Kier alpha value is -0.120. The molecule has 104 valence electrons. The molecule has 18 heavy (non-hydrogen) atoms. The van der Waals surface area contributed by atoms with Crippen LogP contribution < -0.4 is 5.73 Å². The molecule has 1 saturated carbocycles. The Morgan fingerprint density at radius 3 is 1.56 bits per heavy atom. The molecule has 0 aromatic carbocycles. The summed E-state index contributed by atoms with van der Waals surface area (Å²) in [5.41, 5.74) is 6.84. The van der Waals surface area contributed by atoms with E-state index in [9.17, 15) is 0 Å². The van der Waals surface area contributed by atoms with Crippen molar-refractivity contribution >= 4 is 0 Å². The third-order valence-electron chi connectivity index (χ3n) is 5.55. The summed E-state index contributed by atoms with van der Waals surface area (Å²) in [6.07, 6.45) is 9.51. The van der Waals surface area contributed by atoms with Gasteiger partial charge in [-0.2, -0.15) is 0 Å². The number of nitrogens with two attached hydrogens (primary N) is 1. The van der Waals surface area contributed by atoms with E-state index in [4.69, 9.17) is 5.73 Å². The highest BCUT2D eigenvalue weighted by Crippen LogP contribution is 2.36. The van der Waals surface area contributed by atoms with Gasteiger partial charge in [-0.15, -0.1) is 0 Å². The zero-order valence-electron chi connectivity index (χ0n) is 11.9. The standard InChI is InChI=1S/C15H29N3/c1-15(16)13(17-9-2-3-10-17)7-6-8-14(15)18-11-4-5-12-18/h13-14H,2-12,16H2,1H3/t13-,14-/m1/s1. The van der Waals surface area contributed by atoms with Gasteiger partial charge in [-0.25, -0.2) is 0 Å². The van der Waals surface area contributed by atoms with E-state index in [1.807, 2.05) is 0 Å². The molecule has 2 aliphatic heterocycles. The summed E-state index contributed by atoms with van der Waals surface area (Å²) in [7, 11) is 0. The van der Waals surface area contributed by atoms with Crippen LogP contribution in [0.5, 0.6) is 0 Å². The van der Waals surface area contributed by atoms with Gasteiger partial charge in [0.25, 0.3) is 0 Å². The van der Waals surface area contributed by atoms with E-state index in [-0.39, 0.29) is 5.54 Å². The van der Waals surface area contributed by atoms with E-state index in [0.717, 1.165) is 0 Å². The monoisotopic (exact) mass is 251 g/mol. The van der Waals surface area contributed by atoms with Crippen LogP contribution in [-0.4, -0.2) is 53.6 Å². The SMILES string of the molecule is CC1(N)[C@H](N2CCCC2)CCC[C@H]1N1CCCC1. The normalized spacial score (nSPS) is 38.3. The van der Waals surface area contributed by atoms with Crippen molar-refractivity contribution in [2.75, 3.05) is 26.2 Å². The molecule has 3 aliphatic rings. The summed E-state index contributed by atoms with van der Waals surface area (Å²) in [5, 5.41) is 0. The molecular weight excluding hydrogens is 222 g/mol. The predicted octanol–water partition coefficient (Wildman–Crippen LogP) is 1.82. The van der Waals surface area contributed by atoms with Crippen molar-refractivity contribution in [3.05, 3.63) is 0 Å². The van der Waals surface area contributed by atoms with E-state index >= 15 is 0 Å².